The van der Waals surface area contributed by atoms with E-state index >= 15 is 0 Å². The summed E-state index contributed by atoms with van der Waals surface area (Å²) in [5.74, 6) is -0.0512. The van der Waals surface area contributed by atoms with Gasteiger partial charge in [-0.2, -0.15) is 0 Å². The van der Waals surface area contributed by atoms with E-state index in [-0.39, 0.29) is 11.7 Å². The third kappa shape index (κ3) is 2.28. The Bertz CT molecular complexity index is 581. The molecule has 98 valence electrons. The van der Waals surface area contributed by atoms with Crippen LogP contribution in [0.25, 0.3) is 0 Å². The molecule has 3 rings (SSSR count). The van der Waals surface area contributed by atoms with Crippen LogP contribution in [-0.4, -0.2) is 5.11 Å². The van der Waals surface area contributed by atoms with Crippen LogP contribution in [0, 0.1) is 18.7 Å². The molecule has 0 bridgehead atoms. The second kappa shape index (κ2) is 4.78. The molecular formula is C17H17FO. The molecule has 1 atom stereocenters. The first-order valence-electron chi connectivity index (χ1n) is 6.66. The fraction of sp³-hybridized carbons (Fsp3) is 0.294. The maximum Gasteiger partial charge on any atom is 0.123 e. The van der Waals surface area contributed by atoms with E-state index in [9.17, 15) is 9.50 Å². The molecule has 0 amide bonds. The van der Waals surface area contributed by atoms with Gasteiger partial charge in [-0.3, -0.25) is 0 Å². The molecule has 1 unspecified atom stereocenters. The quantitative estimate of drug-likeness (QED) is 0.870. The molecule has 0 saturated carbocycles. The van der Waals surface area contributed by atoms with E-state index in [1.54, 1.807) is 6.07 Å². The van der Waals surface area contributed by atoms with Gasteiger partial charge in [-0.25, -0.2) is 4.39 Å². The third-order valence-corrected chi connectivity index (χ3v) is 4.08. The minimum absolute atomic E-state index is 0.196. The Hall–Kier alpha value is -1.67. The Kier molecular flexibility index (Phi) is 3.11. The summed E-state index contributed by atoms with van der Waals surface area (Å²) in [5, 5.41) is 10.5. The van der Waals surface area contributed by atoms with E-state index in [4.69, 9.17) is 0 Å². The second-order valence-corrected chi connectivity index (χ2v) is 5.38. The lowest BCUT2D eigenvalue weighted by Gasteiger charge is -2.20. The second-order valence-electron chi connectivity index (χ2n) is 5.38. The Morgan fingerprint density at radius 3 is 2.32 bits per heavy atom. The summed E-state index contributed by atoms with van der Waals surface area (Å²) in [6.07, 6.45) is 1.27. The fourth-order valence-electron chi connectivity index (χ4n) is 3.04. The van der Waals surface area contributed by atoms with Gasteiger partial charge in [-0.15, -0.1) is 0 Å². The van der Waals surface area contributed by atoms with Crippen LogP contribution >= 0.6 is 0 Å². The van der Waals surface area contributed by atoms with Crippen molar-refractivity contribution in [2.45, 2.75) is 25.9 Å². The molecule has 1 aliphatic rings. The summed E-state index contributed by atoms with van der Waals surface area (Å²) in [6.45, 7) is 1.85. The highest BCUT2D eigenvalue weighted by molar-refractivity contribution is 5.35. The Morgan fingerprint density at radius 1 is 1.11 bits per heavy atom. The van der Waals surface area contributed by atoms with Crippen molar-refractivity contribution in [1.82, 2.24) is 0 Å². The van der Waals surface area contributed by atoms with Gasteiger partial charge in [0.2, 0.25) is 0 Å². The van der Waals surface area contributed by atoms with Gasteiger partial charge >= 0.3 is 0 Å². The summed E-state index contributed by atoms with van der Waals surface area (Å²) in [5.41, 5.74) is 4.32. The predicted octanol–water partition coefficient (Wildman–Crippen LogP) is 3.58. The van der Waals surface area contributed by atoms with Crippen molar-refractivity contribution >= 4 is 0 Å². The summed E-state index contributed by atoms with van der Waals surface area (Å²) in [4.78, 5) is 0. The van der Waals surface area contributed by atoms with E-state index in [2.05, 4.69) is 12.1 Å². The van der Waals surface area contributed by atoms with Crippen LogP contribution in [0.5, 0.6) is 0 Å². The maximum absolute atomic E-state index is 13.1. The van der Waals surface area contributed by atoms with Crippen LogP contribution in [-0.2, 0) is 12.8 Å². The normalized spacial score (nSPS) is 16.4. The molecule has 2 heteroatoms. The number of fused-ring (bicyclic) bond motifs is 1. The van der Waals surface area contributed by atoms with Crippen molar-refractivity contribution in [2.24, 2.45) is 5.92 Å². The zero-order valence-electron chi connectivity index (χ0n) is 10.9. The summed E-state index contributed by atoms with van der Waals surface area (Å²) >= 11 is 0. The summed E-state index contributed by atoms with van der Waals surface area (Å²) in [6, 6.07) is 12.9. The zero-order valence-corrected chi connectivity index (χ0v) is 10.9. The average Bonchev–Trinajstić information content (AvgIpc) is 2.81. The van der Waals surface area contributed by atoms with Gasteiger partial charge in [0.1, 0.15) is 5.82 Å². The van der Waals surface area contributed by atoms with Crippen LogP contribution in [0.4, 0.5) is 4.39 Å². The van der Waals surface area contributed by atoms with Gasteiger partial charge in [-0.1, -0.05) is 30.3 Å². The largest absolute Gasteiger partial charge is 0.388 e. The Balaban J connectivity index is 1.85. The van der Waals surface area contributed by atoms with Crippen molar-refractivity contribution in [1.29, 1.82) is 0 Å². The van der Waals surface area contributed by atoms with Gasteiger partial charge < -0.3 is 5.11 Å². The van der Waals surface area contributed by atoms with E-state index in [0.717, 1.165) is 24.0 Å². The van der Waals surface area contributed by atoms with Crippen LogP contribution in [0.1, 0.15) is 28.4 Å². The molecule has 0 heterocycles. The van der Waals surface area contributed by atoms with Crippen LogP contribution in [0.2, 0.25) is 0 Å². The lowest BCUT2D eigenvalue weighted by atomic mass is 9.91. The third-order valence-electron chi connectivity index (χ3n) is 4.08. The lowest BCUT2D eigenvalue weighted by Crippen LogP contribution is -2.14. The van der Waals surface area contributed by atoms with Crippen LogP contribution < -0.4 is 0 Å². The van der Waals surface area contributed by atoms with E-state index < -0.39 is 6.10 Å². The highest BCUT2D eigenvalue weighted by Gasteiger charge is 2.28. The summed E-state index contributed by atoms with van der Waals surface area (Å²) < 4.78 is 13.1. The lowest BCUT2D eigenvalue weighted by molar-refractivity contribution is 0.113. The standard InChI is InChI=1S/C17H17FO/c1-11-8-15(18)6-7-16(11)17(19)14-9-12-4-2-3-5-13(12)10-14/h2-8,14,17,19H,9-10H2,1H3. The summed E-state index contributed by atoms with van der Waals surface area (Å²) in [7, 11) is 0. The minimum atomic E-state index is -0.520. The van der Waals surface area contributed by atoms with Gasteiger partial charge in [0.15, 0.2) is 0 Å². The number of halogens is 1. The van der Waals surface area contributed by atoms with Gasteiger partial charge in [-0.05, 0) is 60.1 Å². The number of hydrogen-bond acceptors (Lipinski definition) is 1. The highest BCUT2D eigenvalue weighted by Crippen LogP contribution is 2.36. The first-order valence-corrected chi connectivity index (χ1v) is 6.66. The van der Waals surface area contributed by atoms with Gasteiger partial charge in [0.05, 0.1) is 6.10 Å². The van der Waals surface area contributed by atoms with Crippen molar-refractivity contribution in [3.63, 3.8) is 0 Å². The number of benzene rings is 2. The smallest absolute Gasteiger partial charge is 0.123 e. The molecule has 0 aromatic heterocycles. The molecule has 0 saturated heterocycles. The zero-order chi connectivity index (χ0) is 13.4. The van der Waals surface area contributed by atoms with Crippen molar-refractivity contribution in [3.8, 4) is 0 Å². The number of hydrogen-bond donors (Lipinski definition) is 1. The van der Waals surface area contributed by atoms with Gasteiger partial charge in [0, 0.05) is 0 Å². The monoisotopic (exact) mass is 256 g/mol. The van der Waals surface area contributed by atoms with Crippen molar-refractivity contribution in [2.75, 3.05) is 0 Å². The minimum Gasteiger partial charge on any atom is -0.388 e. The first-order chi connectivity index (χ1) is 9.15. The molecule has 2 aromatic carbocycles. The molecule has 1 nitrogen and oxygen atoms in total. The van der Waals surface area contributed by atoms with E-state index in [1.165, 1.54) is 23.3 Å². The topological polar surface area (TPSA) is 20.2 Å². The predicted molar refractivity (Wildman–Crippen MR) is 73.4 cm³/mol. The number of aliphatic hydroxyl groups is 1. The van der Waals surface area contributed by atoms with E-state index in [1.807, 2.05) is 19.1 Å². The Morgan fingerprint density at radius 2 is 1.74 bits per heavy atom. The maximum atomic E-state index is 13.1. The molecule has 2 aromatic rings. The van der Waals surface area contributed by atoms with E-state index in [0.29, 0.717) is 0 Å². The molecule has 19 heavy (non-hydrogen) atoms. The molecule has 1 N–H and O–H groups in total. The van der Waals surface area contributed by atoms with Crippen molar-refractivity contribution < 1.29 is 9.50 Å². The number of aliphatic hydroxyl groups excluding tert-OH is 1. The van der Waals surface area contributed by atoms with Crippen molar-refractivity contribution in [3.05, 3.63) is 70.5 Å². The number of aryl methyl sites for hydroxylation is 1. The molecule has 1 aliphatic carbocycles. The molecule has 0 aliphatic heterocycles. The van der Waals surface area contributed by atoms with Crippen LogP contribution in [0.15, 0.2) is 42.5 Å². The molecule has 0 radical (unpaired) electrons. The molecule has 0 fully saturated rings. The number of rotatable bonds is 2. The molecule has 0 spiro atoms. The first kappa shape index (κ1) is 12.4. The van der Waals surface area contributed by atoms with Gasteiger partial charge in [0.25, 0.3) is 0 Å². The Labute approximate surface area is 112 Å². The van der Waals surface area contributed by atoms with Crippen LogP contribution in [0.3, 0.4) is 0 Å². The SMILES string of the molecule is Cc1cc(F)ccc1C(O)C1Cc2ccccc2C1. The fourth-order valence-corrected chi connectivity index (χ4v) is 3.04. The highest BCUT2D eigenvalue weighted by atomic mass is 19.1. The molecular weight excluding hydrogens is 239 g/mol. The average molecular weight is 256 g/mol.